The molecule has 96 valence electrons. The molecule has 4 heteroatoms. The van der Waals surface area contributed by atoms with Gasteiger partial charge >= 0.3 is 0 Å². The minimum Gasteiger partial charge on any atom is -0.493 e. The monoisotopic (exact) mass is 247 g/mol. The van der Waals surface area contributed by atoms with E-state index in [4.69, 9.17) is 13.9 Å². The number of furan rings is 1. The Morgan fingerprint density at radius 2 is 1.83 bits per heavy atom. The number of benzene rings is 1. The molecule has 1 aromatic heterocycles. The lowest BCUT2D eigenvalue weighted by Crippen LogP contribution is -2.17. The van der Waals surface area contributed by atoms with Gasteiger partial charge in [0.1, 0.15) is 0 Å². The Morgan fingerprint density at radius 1 is 1.06 bits per heavy atom. The van der Waals surface area contributed by atoms with Gasteiger partial charge in [0.2, 0.25) is 0 Å². The molecule has 18 heavy (non-hydrogen) atoms. The second kappa shape index (κ2) is 5.60. The molecular weight excluding hydrogens is 230 g/mol. The van der Waals surface area contributed by atoms with Gasteiger partial charge in [0.25, 0.3) is 0 Å². The van der Waals surface area contributed by atoms with E-state index >= 15 is 0 Å². The van der Waals surface area contributed by atoms with Crippen molar-refractivity contribution >= 4 is 0 Å². The fourth-order valence-electron chi connectivity index (χ4n) is 2.00. The standard InChI is InChI=1S/C14H17NO3/c1-15-14(11-6-7-18-9-11)10-4-5-12(16-2)13(8-10)17-3/h4-9,14-15H,1-3H3. The maximum atomic E-state index is 5.31. The van der Waals surface area contributed by atoms with Crippen LogP contribution in [0, 0.1) is 0 Å². The van der Waals surface area contributed by atoms with Crippen molar-refractivity contribution in [1.29, 1.82) is 0 Å². The number of hydrogen-bond acceptors (Lipinski definition) is 4. The summed E-state index contributed by atoms with van der Waals surface area (Å²) in [5.41, 5.74) is 2.17. The molecule has 0 saturated heterocycles. The van der Waals surface area contributed by atoms with Gasteiger partial charge in [0, 0.05) is 5.56 Å². The first-order valence-corrected chi connectivity index (χ1v) is 5.71. The maximum absolute atomic E-state index is 5.31. The van der Waals surface area contributed by atoms with E-state index in [1.54, 1.807) is 26.7 Å². The molecule has 2 rings (SSSR count). The van der Waals surface area contributed by atoms with Gasteiger partial charge in [-0.2, -0.15) is 0 Å². The van der Waals surface area contributed by atoms with Crippen LogP contribution in [0.15, 0.2) is 41.2 Å². The number of hydrogen-bond donors (Lipinski definition) is 1. The Balaban J connectivity index is 2.37. The molecule has 1 heterocycles. The van der Waals surface area contributed by atoms with Gasteiger partial charge in [-0.25, -0.2) is 0 Å². The van der Waals surface area contributed by atoms with Crippen LogP contribution in [-0.4, -0.2) is 21.3 Å². The molecule has 0 aliphatic rings. The first kappa shape index (κ1) is 12.5. The zero-order valence-corrected chi connectivity index (χ0v) is 10.8. The first-order valence-electron chi connectivity index (χ1n) is 5.71. The number of nitrogens with one attached hydrogen (secondary N) is 1. The van der Waals surface area contributed by atoms with Crippen LogP contribution in [0.2, 0.25) is 0 Å². The van der Waals surface area contributed by atoms with E-state index in [0.29, 0.717) is 0 Å². The molecule has 2 aromatic rings. The summed E-state index contributed by atoms with van der Waals surface area (Å²) in [4.78, 5) is 0. The second-order valence-corrected chi connectivity index (χ2v) is 3.89. The Hall–Kier alpha value is -1.94. The molecule has 0 aliphatic carbocycles. The van der Waals surface area contributed by atoms with E-state index in [0.717, 1.165) is 22.6 Å². The summed E-state index contributed by atoms with van der Waals surface area (Å²) in [6, 6.07) is 7.89. The van der Waals surface area contributed by atoms with Crippen LogP contribution in [0.4, 0.5) is 0 Å². The van der Waals surface area contributed by atoms with Gasteiger partial charge in [-0.1, -0.05) is 6.07 Å². The minimum atomic E-state index is 0.0727. The lowest BCUT2D eigenvalue weighted by Gasteiger charge is -2.17. The van der Waals surface area contributed by atoms with E-state index < -0.39 is 0 Å². The van der Waals surface area contributed by atoms with Crippen molar-refractivity contribution in [3.63, 3.8) is 0 Å². The molecular formula is C14H17NO3. The van der Waals surface area contributed by atoms with E-state index in [1.807, 2.05) is 31.3 Å². The van der Waals surface area contributed by atoms with Gasteiger partial charge in [0.15, 0.2) is 11.5 Å². The van der Waals surface area contributed by atoms with Crippen LogP contribution >= 0.6 is 0 Å². The molecule has 0 radical (unpaired) electrons. The SMILES string of the molecule is CNC(c1ccoc1)c1ccc(OC)c(OC)c1. The Labute approximate surface area is 107 Å². The molecule has 1 N–H and O–H groups in total. The van der Waals surface area contributed by atoms with Gasteiger partial charge in [0.05, 0.1) is 32.8 Å². The minimum absolute atomic E-state index is 0.0727. The second-order valence-electron chi connectivity index (χ2n) is 3.89. The highest BCUT2D eigenvalue weighted by Crippen LogP contribution is 2.32. The lowest BCUT2D eigenvalue weighted by atomic mass is 10.0. The van der Waals surface area contributed by atoms with Crippen LogP contribution in [0.25, 0.3) is 0 Å². The quantitative estimate of drug-likeness (QED) is 0.882. The Bertz CT molecular complexity index is 494. The Morgan fingerprint density at radius 3 is 2.39 bits per heavy atom. The highest BCUT2D eigenvalue weighted by molar-refractivity contribution is 5.45. The molecule has 1 atom stereocenters. The van der Waals surface area contributed by atoms with Crippen LogP contribution in [0.3, 0.4) is 0 Å². The van der Waals surface area contributed by atoms with Gasteiger partial charge in [-0.3, -0.25) is 0 Å². The third-order valence-electron chi connectivity index (χ3n) is 2.91. The molecule has 4 nitrogen and oxygen atoms in total. The van der Waals surface area contributed by atoms with Crippen molar-refractivity contribution in [3.05, 3.63) is 47.9 Å². The van der Waals surface area contributed by atoms with E-state index in [1.165, 1.54) is 0 Å². The van der Waals surface area contributed by atoms with Gasteiger partial charge in [-0.15, -0.1) is 0 Å². The smallest absolute Gasteiger partial charge is 0.161 e. The summed E-state index contributed by atoms with van der Waals surface area (Å²) < 4.78 is 15.7. The summed E-state index contributed by atoms with van der Waals surface area (Å²) in [6.45, 7) is 0. The van der Waals surface area contributed by atoms with E-state index in [-0.39, 0.29) is 6.04 Å². The van der Waals surface area contributed by atoms with Crippen molar-refractivity contribution in [2.75, 3.05) is 21.3 Å². The summed E-state index contributed by atoms with van der Waals surface area (Å²) in [5.74, 6) is 1.45. The average Bonchev–Trinajstić information content (AvgIpc) is 2.93. The summed E-state index contributed by atoms with van der Waals surface area (Å²) in [7, 11) is 5.17. The zero-order valence-electron chi connectivity index (χ0n) is 10.8. The van der Waals surface area contributed by atoms with Crippen molar-refractivity contribution in [3.8, 4) is 11.5 Å². The number of rotatable bonds is 5. The van der Waals surface area contributed by atoms with Crippen molar-refractivity contribution in [2.24, 2.45) is 0 Å². The van der Waals surface area contributed by atoms with Crippen molar-refractivity contribution < 1.29 is 13.9 Å². The highest BCUT2D eigenvalue weighted by Gasteiger charge is 2.15. The summed E-state index contributed by atoms with van der Waals surface area (Å²) in [6.07, 6.45) is 3.40. The first-order chi connectivity index (χ1) is 8.80. The number of methoxy groups -OCH3 is 2. The fourth-order valence-corrected chi connectivity index (χ4v) is 2.00. The van der Waals surface area contributed by atoms with Gasteiger partial charge in [-0.05, 0) is 30.8 Å². The van der Waals surface area contributed by atoms with Crippen LogP contribution < -0.4 is 14.8 Å². The molecule has 1 unspecified atom stereocenters. The molecule has 1 aromatic carbocycles. The maximum Gasteiger partial charge on any atom is 0.161 e. The van der Waals surface area contributed by atoms with Crippen LogP contribution in [0.1, 0.15) is 17.2 Å². The molecule has 0 saturated carbocycles. The van der Waals surface area contributed by atoms with Crippen molar-refractivity contribution in [2.45, 2.75) is 6.04 Å². The van der Waals surface area contributed by atoms with Crippen LogP contribution in [0.5, 0.6) is 11.5 Å². The molecule has 0 amide bonds. The normalized spacial score (nSPS) is 12.2. The van der Waals surface area contributed by atoms with Crippen molar-refractivity contribution in [1.82, 2.24) is 5.32 Å². The predicted octanol–water partition coefficient (Wildman–Crippen LogP) is 2.61. The highest BCUT2D eigenvalue weighted by atomic mass is 16.5. The van der Waals surface area contributed by atoms with Crippen LogP contribution in [-0.2, 0) is 0 Å². The van der Waals surface area contributed by atoms with E-state index in [9.17, 15) is 0 Å². The molecule has 0 aliphatic heterocycles. The third kappa shape index (κ3) is 2.33. The third-order valence-corrected chi connectivity index (χ3v) is 2.91. The topological polar surface area (TPSA) is 43.6 Å². The molecule has 0 fully saturated rings. The predicted molar refractivity (Wildman–Crippen MR) is 69.2 cm³/mol. The molecule has 0 spiro atoms. The number of ether oxygens (including phenoxy) is 2. The molecule has 0 bridgehead atoms. The van der Waals surface area contributed by atoms with E-state index in [2.05, 4.69) is 5.32 Å². The Kier molecular flexibility index (Phi) is 3.89. The van der Waals surface area contributed by atoms with Gasteiger partial charge < -0.3 is 19.2 Å². The summed E-state index contributed by atoms with van der Waals surface area (Å²) in [5, 5.41) is 3.25. The average molecular weight is 247 g/mol. The summed E-state index contributed by atoms with van der Waals surface area (Å²) >= 11 is 0. The fraction of sp³-hybridized carbons (Fsp3) is 0.286. The lowest BCUT2D eigenvalue weighted by molar-refractivity contribution is 0.354. The zero-order chi connectivity index (χ0) is 13.0. The largest absolute Gasteiger partial charge is 0.493 e.